The van der Waals surface area contributed by atoms with E-state index in [-0.39, 0.29) is 20.4 Å². The molecule has 0 aliphatic rings. The fourth-order valence-electron chi connectivity index (χ4n) is 2.97. The number of likely N-dealkylation sites (N-methyl/N-ethyl adjacent to an activating group) is 2. The number of halogens is 5. The van der Waals surface area contributed by atoms with Crippen LogP contribution in [0, 0.1) is 11.6 Å². The van der Waals surface area contributed by atoms with Gasteiger partial charge in [-0.25, -0.2) is 13.8 Å². The molecule has 0 aliphatic heterocycles. The van der Waals surface area contributed by atoms with Gasteiger partial charge in [-0.1, -0.05) is 23.2 Å². The van der Waals surface area contributed by atoms with Crippen molar-refractivity contribution in [1.29, 1.82) is 0 Å². The topological polar surface area (TPSA) is 77.6 Å². The van der Waals surface area contributed by atoms with Crippen LogP contribution < -0.4 is 19.4 Å². The van der Waals surface area contributed by atoms with E-state index in [1.54, 1.807) is 18.2 Å². The van der Waals surface area contributed by atoms with Gasteiger partial charge in [-0.3, -0.25) is 0 Å². The number of rotatable bonds is 9. The molecule has 1 aromatic heterocycles. The van der Waals surface area contributed by atoms with Crippen molar-refractivity contribution in [2.75, 3.05) is 41.2 Å². The van der Waals surface area contributed by atoms with Crippen LogP contribution in [0.3, 0.4) is 0 Å². The number of hydrogen-bond acceptors (Lipinski definition) is 6. The molecule has 3 aromatic rings. The molecule has 2 N–H and O–H groups in total. The average Bonchev–Trinajstić information content (AvgIpc) is 2.80. The molecule has 0 amide bonds. The first-order valence-corrected chi connectivity index (χ1v) is 12.3. The van der Waals surface area contributed by atoms with Crippen molar-refractivity contribution in [1.82, 2.24) is 10.3 Å². The van der Waals surface area contributed by atoms with Crippen molar-refractivity contribution < 1.29 is 17.2 Å². The largest absolute Gasteiger partial charge is 0.372 e. The highest BCUT2D eigenvalue weighted by Gasteiger charge is 2.29. The minimum Gasteiger partial charge on any atom is -0.372 e. The fraction of sp³-hybridized carbons (Fsp3) is 0.190. The van der Waals surface area contributed by atoms with E-state index in [4.69, 9.17) is 35.0 Å². The van der Waals surface area contributed by atoms with Crippen LogP contribution in [-0.2, 0) is 10.0 Å². The van der Waals surface area contributed by atoms with E-state index in [1.807, 2.05) is 19.0 Å². The van der Waals surface area contributed by atoms with Crippen molar-refractivity contribution in [3.63, 3.8) is 0 Å². The smallest absolute Gasteiger partial charge is 0.282 e. The van der Waals surface area contributed by atoms with Gasteiger partial charge in [0.15, 0.2) is 5.82 Å². The number of pyridine rings is 1. The summed E-state index contributed by atoms with van der Waals surface area (Å²) in [5, 5.41) is 6.51. The second kappa shape index (κ2) is 10.9. The number of aromatic nitrogens is 1. The van der Waals surface area contributed by atoms with E-state index in [0.29, 0.717) is 23.8 Å². The molecular weight excluding hydrogens is 531 g/mol. The Bertz CT molecular complexity index is 1280. The molecule has 34 heavy (non-hydrogen) atoms. The molecule has 2 aromatic carbocycles. The molecule has 0 unspecified atom stereocenters. The van der Waals surface area contributed by atoms with E-state index < -0.39 is 26.6 Å². The lowest BCUT2D eigenvalue weighted by molar-refractivity contribution is 0.568. The third-order valence-corrected chi connectivity index (χ3v) is 7.48. The number of nitrogens with zero attached hydrogens (tertiary/aromatic N) is 3. The maximum atomic E-state index is 15.0. The van der Waals surface area contributed by atoms with Crippen LogP contribution in [-0.4, -0.2) is 40.6 Å². The van der Waals surface area contributed by atoms with Gasteiger partial charge < -0.3 is 15.5 Å². The summed E-state index contributed by atoms with van der Waals surface area (Å²) in [6, 6.07) is 9.00. The predicted molar refractivity (Wildman–Crippen MR) is 133 cm³/mol. The summed E-state index contributed by atoms with van der Waals surface area (Å²) in [5.74, 6) is -2.09. The molecule has 0 radical (unpaired) electrons. The van der Waals surface area contributed by atoms with Crippen LogP contribution in [0.4, 0.5) is 31.7 Å². The van der Waals surface area contributed by atoms with Gasteiger partial charge in [-0.15, -0.1) is 0 Å². The fourth-order valence-corrected chi connectivity index (χ4v) is 4.84. The molecular formula is C21H20Cl3F2N5O2S. The van der Waals surface area contributed by atoms with Crippen LogP contribution in [0.5, 0.6) is 0 Å². The molecule has 7 nitrogen and oxygen atoms in total. The highest BCUT2D eigenvalue weighted by molar-refractivity contribution is 7.94. The van der Waals surface area contributed by atoms with Gasteiger partial charge in [0.25, 0.3) is 10.0 Å². The second-order valence-electron chi connectivity index (χ2n) is 7.13. The first-order valence-electron chi connectivity index (χ1n) is 9.78. The maximum Gasteiger partial charge on any atom is 0.282 e. The number of anilines is 4. The SMILES string of the molecule is CNCCN(C)c1cc(Cl)ccc1Nc1cc(F)c(S(=O)(=O)N(Cl)c2ccc(F)cn2)cc1Cl. The summed E-state index contributed by atoms with van der Waals surface area (Å²) in [6.45, 7) is 1.37. The lowest BCUT2D eigenvalue weighted by Crippen LogP contribution is -2.27. The van der Waals surface area contributed by atoms with Crippen LogP contribution >= 0.6 is 35.0 Å². The van der Waals surface area contributed by atoms with Gasteiger partial charge in [0.05, 0.1) is 28.3 Å². The molecule has 0 spiro atoms. The van der Waals surface area contributed by atoms with Gasteiger partial charge in [0.2, 0.25) is 0 Å². The zero-order valence-electron chi connectivity index (χ0n) is 18.0. The lowest BCUT2D eigenvalue weighted by atomic mass is 10.2. The number of benzene rings is 2. The third kappa shape index (κ3) is 5.81. The van der Waals surface area contributed by atoms with Gasteiger partial charge in [-0.2, -0.15) is 12.2 Å². The van der Waals surface area contributed by atoms with Crippen molar-refractivity contribution in [2.24, 2.45) is 0 Å². The summed E-state index contributed by atoms with van der Waals surface area (Å²) in [4.78, 5) is 4.77. The molecule has 182 valence electrons. The number of sulfonamides is 1. The minimum atomic E-state index is -4.59. The second-order valence-corrected chi connectivity index (χ2v) is 10.3. The Labute approximate surface area is 211 Å². The summed E-state index contributed by atoms with van der Waals surface area (Å²) < 4.78 is 54.0. The van der Waals surface area contributed by atoms with E-state index in [9.17, 15) is 17.2 Å². The first-order chi connectivity index (χ1) is 16.0. The highest BCUT2D eigenvalue weighted by Crippen LogP contribution is 2.36. The van der Waals surface area contributed by atoms with Crippen LogP contribution in [0.25, 0.3) is 0 Å². The van der Waals surface area contributed by atoms with Gasteiger partial charge in [0, 0.05) is 43.0 Å². The summed E-state index contributed by atoms with van der Waals surface area (Å²) >= 11 is 18.4. The molecule has 0 fully saturated rings. The van der Waals surface area contributed by atoms with Crippen molar-refractivity contribution in [3.8, 4) is 0 Å². The first kappa shape index (κ1) is 26.2. The Morgan fingerprint density at radius 1 is 1.06 bits per heavy atom. The quantitative estimate of drug-likeness (QED) is 0.347. The minimum absolute atomic E-state index is 0.0733. The summed E-state index contributed by atoms with van der Waals surface area (Å²) in [7, 11) is -0.895. The van der Waals surface area contributed by atoms with Crippen molar-refractivity contribution in [2.45, 2.75) is 4.90 Å². The van der Waals surface area contributed by atoms with E-state index in [0.717, 1.165) is 36.1 Å². The Morgan fingerprint density at radius 3 is 2.44 bits per heavy atom. The zero-order chi connectivity index (χ0) is 25.0. The Kier molecular flexibility index (Phi) is 8.43. The summed E-state index contributed by atoms with van der Waals surface area (Å²) in [6.07, 6.45) is 0.786. The van der Waals surface area contributed by atoms with Crippen molar-refractivity contribution in [3.05, 3.63) is 70.3 Å². The maximum absolute atomic E-state index is 15.0. The molecule has 0 bridgehead atoms. The molecule has 0 aliphatic carbocycles. The third-order valence-electron chi connectivity index (χ3n) is 4.74. The van der Waals surface area contributed by atoms with Crippen LogP contribution in [0.15, 0.2) is 53.6 Å². The van der Waals surface area contributed by atoms with Gasteiger partial charge in [0.1, 0.15) is 16.5 Å². The molecule has 0 atom stereocenters. The van der Waals surface area contributed by atoms with E-state index in [1.165, 1.54) is 0 Å². The predicted octanol–water partition coefficient (Wildman–Crippen LogP) is 5.41. The van der Waals surface area contributed by atoms with E-state index in [2.05, 4.69) is 15.6 Å². The van der Waals surface area contributed by atoms with Crippen LogP contribution in [0.2, 0.25) is 10.0 Å². The monoisotopic (exact) mass is 549 g/mol. The Morgan fingerprint density at radius 2 is 1.79 bits per heavy atom. The molecule has 1 heterocycles. The summed E-state index contributed by atoms with van der Waals surface area (Å²) in [5.41, 5.74) is 1.43. The molecule has 3 rings (SSSR count). The number of hydrogen-bond donors (Lipinski definition) is 2. The lowest BCUT2D eigenvalue weighted by Gasteiger charge is -2.24. The van der Waals surface area contributed by atoms with Gasteiger partial charge in [-0.05, 0) is 43.4 Å². The Hall–Kier alpha value is -2.37. The van der Waals surface area contributed by atoms with Gasteiger partial charge >= 0.3 is 0 Å². The standard InChI is InChI=1S/C21H20Cl3F2N5O2S/c1-27-7-8-30(2)19-9-13(22)3-5-17(19)29-18-11-16(26)20(10-15(18)23)34(32,33)31(24)21-6-4-14(25)12-28-21/h3-6,9-12,27,29H,7-8H2,1-2H3. The number of nitrogens with one attached hydrogen (secondary N) is 2. The van der Waals surface area contributed by atoms with Crippen LogP contribution in [0.1, 0.15) is 0 Å². The van der Waals surface area contributed by atoms with E-state index >= 15 is 0 Å². The highest BCUT2D eigenvalue weighted by atomic mass is 35.5. The molecule has 0 saturated carbocycles. The average molecular weight is 551 g/mol. The molecule has 13 heteroatoms. The Balaban J connectivity index is 1.94. The molecule has 0 saturated heterocycles. The van der Waals surface area contributed by atoms with Crippen molar-refractivity contribution >= 4 is 67.9 Å². The normalized spacial score (nSPS) is 11.4. The zero-order valence-corrected chi connectivity index (χ0v) is 21.1.